The van der Waals surface area contributed by atoms with E-state index in [-0.39, 0.29) is 12.1 Å². The largest absolute Gasteiger partial charge is 0.380 e. The number of amides is 2. The number of carbonyl (C=O) groups is 1. The summed E-state index contributed by atoms with van der Waals surface area (Å²) in [7, 11) is 1.67. The molecule has 0 aliphatic rings. The van der Waals surface area contributed by atoms with Crippen LogP contribution in [0.3, 0.4) is 0 Å². The Hall–Kier alpha value is -2.40. The summed E-state index contributed by atoms with van der Waals surface area (Å²) in [6.45, 7) is 3.02. The number of benzene rings is 1. The molecular formula is C17H21N3O2. The first kappa shape index (κ1) is 16.0. The van der Waals surface area contributed by atoms with Crippen molar-refractivity contribution in [3.05, 3.63) is 65.5 Å². The summed E-state index contributed by atoms with van der Waals surface area (Å²) in [6.07, 6.45) is 3.43. The van der Waals surface area contributed by atoms with E-state index in [1.54, 1.807) is 19.5 Å². The molecule has 0 fully saturated rings. The highest BCUT2D eigenvalue weighted by atomic mass is 16.5. The molecule has 2 amide bonds. The number of nitrogens with zero attached hydrogens (tertiary/aromatic N) is 1. The van der Waals surface area contributed by atoms with Crippen LogP contribution in [-0.2, 0) is 17.9 Å². The van der Waals surface area contributed by atoms with Gasteiger partial charge in [-0.15, -0.1) is 0 Å². The molecule has 0 aliphatic carbocycles. The van der Waals surface area contributed by atoms with E-state index in [1.165, 1.54) is 0 Å². The van der Waals surface area contributed by atoms with Crippen molar-refractivity contribution in [2.45, 2.75) is 26.1 Å². The molecule has 5 nitrogen and oxygen atoms in total. The van der Waals surface area contributed by atoms with Crippen molar-refractivity contribution in [2.24, 2.45) is 0 Å². The van der Waals surface area contributed by atoms with Crippen LogP contribution >= 0.6 is 0 Å². The molecule has 2 N–H and O–H groups in total. The lowest BCUT2D eigenvalue weighted by atomic mass is 10.1. The number of nitrogens with one attached hydrogen (secondary N) is 2. The maximum atomic E-state index is 11.9. The van der Waals surface area contributed by atoms with E-state index in [4.69, 9.17) is 4.74 Å². The van der Waals surface area contributed by atoms with Gasteiger partial charge >= 0.3 is 6.03 Å². The Morgan fingerprint density at radius 3 is 2.41 bits per heavy atom. The van der Waals surface area contributed by atoms with Gasteiger partial charge in [0, 0.05) is 26.0 Å². The van der Waals surface area contributed by atoms with E-state index in [0.717, 1.165) is 16.7 Å². The first-order valence-corrected chi connectivity index (χ1v) is 7.20. The van der Waals surface area contributed by atoms with Crippen molar-refractivity contribution in [3.8, 4) is 0 Å². The minimum atomic E-state index is -0.190. The molecule has 0 spiro atoms. The van der Waals surface area contributed by atoms with Gasteiger partial charge in [-0.3, -0.25) is 4.98 Å². The van der Waals surface area contributed by atoms with E-state index in [1.807, 2.05) is 43.3 Å². The molecule has 0 aliphatic heterocycles. The van der Waals surface area contributed by atoms with Gasteiger partial charge < -0.3 is 15.4 Å². The fourth-order valence-corrected chi connectivity index (χ4v) is 2.09. The molecular weight excluding hydrogens is 278 g/mol. The first-order valence-electron chi connectivity index (χ1n) is 7.20. The van der Waals surface area contributed by atoms with E-state index in [2.05, 4.69) is 15.6 Å². The number of methoxy groups -OCH3 is 1. The average molecular weight is 299 g/mol. The Labute approximate surface area is 130 Å². The zero-order valence-corrected chi connectivity index (χ0v) is 12.9. The zero-order chi connectivity index (χ0) is 15.8. The molecule has 2 rings (SSSR count). The molecule has 1 aromatic heterocycles. The van der Waals surface area contributed by atoms with Gasteiger partial charge in [-0.1, -0.05) is 24.3 Å². The summed E-state index contributed by atoms with van der Waals surface area (Å²) in [5.41, 5.74) is 3.18. The van der Waals surface area contributed by atoms with E-state index >= 15 is 0 Å². The third-order valence-electron chi connectivity index (χ3n) is 3.34. The highest BCUT2D eigenvalue weighted by Gasteiger charge is 2.08. The molecule has 1 heterocycles. The number of urea groups is 1. The van der Waals surface area contributed by atoms with Crippen LogP contribution < -0.4 is 10.6 Å². The van der Waals surface area contributed by atoms with Crippen LogP contribution in [-0.4, -0.2) is 18.1 Å². The molecule has 22 heavy (non-hydrogen) atoms. The second-order valence-electron chi connectivity index (χ2n) is 5.08. The molecule has 1 unspecified atom stereocenters. The summed E-state index contributed by atoms with van der Waals surface area (Å²) in [6, 6.07) is 11.5. The molecule has 0 saturated heterocycles. The number of carbonyl (C=O) groups excluding carboxylic acids is 1. The van der Waals surface area contributed by atoms with Crippen molar-refractivity contribution in [1.82, 2.24) is 15.6 Å². The van der Waals surface area contributed by atoms with Gasteiger partial charge in [0.15, 0.2) is 0 Å². The summed E-state index contributed by atoms with van der Waals surface area (Å²) >= 11 is 0. The first-order chi connectivity index (χ1) is 10.7. The number of rotatable bonds is 6. The lowest BCUT2D eigenvalue weighted by Crippen LogP contribution is -2.36. The third kappa shape index (κ3) is 4.86. The van der Waals surface area contributed by atoms with Gasteiger partial charge in [-0.2, -0.15) is 0 Å². The van der Waals surface area contributed by atoms with Crippen molar-refractivity contribution in [1.29, 1.82) is 0 Å². The Kier molecular flexibility index (Phi) is 5.91. The highest BCUT2D eigenvalue weighted by Crippen LogP contribution is 2.10. The monoisotopic (exact) mass is 299 g/mol. The summed E-state index contributed by atoms with van der Waals surface area (Å²) in [5, 5.41) is 5.75. The molecule has 0 saturated carbocycles. The van der Waals surface area contributed by atoms with Crippen molar-refractivity contribution < 1.29 is 9.53 Å². The van der Waals surface area contributed by atoms with Gasteiger partial charge in [-0.25, -0.2) is 4.79 Å². The number of aromatic nitrogens is 1. The standard InChI is InChI=1S/C17H21N3O2/c1-13(16-7-9-18-10-8-16)20-17(21)19-11-14-3-5-15(6-4-14)12-22-2/h3-10,13H,11-12H2,1-2H3,(H2,19,20,21). The van der Waals surface area contributed by atoms with Gasteiger partial charge in [0.2, 0.25) is 0 Å². The molecule has 116 valence electrons. The van der Waals surface area contributed by atoms with E-state index in [9.17, 15) is 4.79 Å². The molecule has 0 bridgehead atoms. The van der Waals surface area contributed by atoms with Crippen molar-refractivity contribution in [2.75, 3.05) is 7.11 Å². The van der Waals surface area contributed by atoms with Crippen LogP contribution in [0.5, 0.6) is 0 Å². The summed E-state index contributed by atoms with van der Waals surface area (Å²) in [4.78, 5) is 15.9. The molecule has 2 aromatic rings. The smallest absolute Gasteiger partial charge is 0.315 e. The lowest BCUT2D eigenvalue weighted by Gasteiger charge is -2.15. The van der Waals surface area contributed by atoms with E-state index < -0.39 is 0 Å². The Balaban J connectivity index is 1.80. The van der Waals surface area contributed by atoms with Crippen LogP contribution in [0, 0.1) is 0 Å². The van der Waals surface area contributed by atoms with Crippen LogP contribution in [0.15, 0.2) is 48.8 Å². The van der Waals surface area contributed by atoms with Crippen LogP contribution in [0.25, 0.3) is 0 Å². The fraction of sp³-hybridized carbons (Fsp3) is 0.294. The maximum absolute atomic E-state index is 11.9. The minimum Gasteiger partial charge on any atom is -0.380 e. The molecule has 5 heteroatoms. The normalized spacial score (nSPS) is 11.7. The average Bonchev–Trinajstić information content (AvgIpc) is 2.55. The van der Waals surface area contributed by atoms with Crippen LogP contribution in [0.1, 0.15) is 29.7 Å². The predicted octanol–water partition coefficient (Wildman–Crippen LogP) is 2.79. The quantitative estimate of drug-likeness (QED) is 0.862. The lowest BCUT2D eigenvalue weighted by molar-refractivity contribution is 0.185. The third-order valence-corrected chi connectivity index (χ3v) is 3.34. The number of hydrogen-bond donors (Lipinski definition) is 2. The van der Waals surface area contributed by atoms with Crippen molar-refractivity contribution in [3.63, 3.8) is 0 Å². The molecule has 1 atom stereocenters. The highest BCUT2D eigenvalue weighted by molar-refractivity contribution is 5.74. The van der Waals surface area contributed by atoms with Gasteiger partial charge in [0.05, 0.1) is 12.6 Å². The molecule has 0 radical (unpaired) electrons. The van der Waals surface area contributed by atoms with Crippen LogP contribution in [0.2, 0.25) is 0 Å². The summed E-state index contributed by atoms with van der Waals surface area (Å²) in [5.74, 6) is 0. The van der Waals surface area contributed by atoms with Crippen molar-refractivity contribution >= 4 is 6.03 Å². The van der Waals surface area contributed by atoms with Gasteiger partial charge in [-0.05, 0) is 35.7 Å². The summed E-state index contributed by atoms with van der Waals surface area (Å²) < 4.78 is 5.07. The minimum absolute atomic E-state index is 0.0629. The Bertz CT molecular complexity index is 585. The zero-order valence-electron chi connectivity index (χ0n) is 12.9. The number of hydrogen-bond acceptors (Lipinski definition) is 3. The molecule has 1 aromatic carbocycles. The fourth-order valence-electron chi connectivity index (χ4n) is 2.09. The van der Waals surface area contributed by atoms with Gasteiger partial charge in [0.25, 0.3) is 0 Å². The second-order valence-corrected chi connectivity index (χ2v) is 5.08. The predicted molar refractivity (Wildman–Crippen MR) is 85.2 cm³/mol. The topological polar surface area (TPSA) is 63.2 Å². The maximum Gasteiger partial charge on any atom is 0.315 e. The van der Waals surface area contributed by atoms with E-state index in [0.29, 0.717) is 13.2 Å². The number of ether oxygens (including phenoxy) is 1. The SMILES string of the molecule is COCc1ccc(CNC(=O)NC(C)c2ccncc2)cc1. The Morgan fingerprint density at radius 1 is 1.14 bits per heavy atom. The van der Waals surface area contributed by atoms with Crippen LogP contribution in [0.4, 0.5) is 4.79 Å². The number of pyridine rings is 1. The Morgan fingerprint density at radius 2 is 1.77 bits per heavy atom. The van der Waals surface area contributed by atoms with Gasteiger partial charge in [0.1, 0.15) is 0 Å². The second kappa shape index (κ2) is 8.14.